The second-order valence-corrected chi connectivity index (χ2v) is 4.97. The summed E-state index contributed by atoms with van der Waals surface area (Å²) in [5.41, 5.74) is -0.861. The van der Waals surface area contributed by atoms with Crippen LogP contribution in [0, 0.1) is 0 Å². The maximum Gasteiger partial charge on any atom is 0.229 e. The first-order valence-electron chi connectivity index (χ1n) is 6.36. The van der Waals surface area contributed by atoms with Gasteiger partial charge in [-0.25, -0.2) is 0 Å². The SMILES string of the molecule is COc1ccc2c(c1)C(=O)C1(O)CCCCC(=O)N21. The van der Waals surface area contributed by atoms with Gasteiger partial charge in [0.1, 0.15) is 5.75 Å². The van der Waals surface area contributed by atoms with E-state index in [9.17, 15) is 14.7 Å². The predicted molar refractivity (Wildman–Crippen MR) is 68.2 cm³/mol. The van der Waals surface area contributed by atoms with Crippen LogP contribution >= 0.6 is 0 Å². The Morgan fingerprint density at radius 3 is 2.84 bits per heavy atom. The molecule has 2 heterocycles. The summed E-state index contributed by atoms with van der Waals surface area (Å²) in [6.45, 7) is 0. The van der Waals surface area contributed by atoms with Crippen LogP contribution < -0.4 is 9.64 Å². The van der Waals surface area contributed by atoms with Gasteiger partial charge in [0.25, 0.3) is 0 Å². The molecule has 5 heteroatoms. The number of carbonyl (C=O) groups is 2. The fraction of sp³-hybridized carbons (Fsp3) is 0.429. The van der Waals surface area contributed by atoms with Gasteiger partial charge in [0, 0.05) is 12.8 Å². The second-order valence-electron chi connectivity index (χ2n) is 4.97. The topological polar surface area (TPSA) is 66.8 Å². The molecule has 0 aromatic heterocycles. The third kappa shape index (κ3) is 1.58. The Morgan fingerprint density at radius 1 is 1.32 bits per heavy atom. The number of ketones is 1. The van der Waals surface area contributed by atoms with Crippen LogP contribution in [0.5, 0.6) is 5.75 Å². The molecule has 0 spiro atoms. The highest BCUT2D eigenvalue weighted by molar-refractivity contribution is 6.19. The van der Waals surface area contributed by atoms with Gasteiger partial charge in [0.2, 0.25) is 17.4 Å². The molecule has 1 N–H and O–H groups in total. The van der Waals surface area contributed by atoms with Gasteiger partial charge >= 0.3 is 0 Å². The minimum absolute atomic E-state index is 0.197. The number of ether oxygens (including phenoxy) is 1. The zero-order chi connectivity index (χ0) is 13.6. The van der Waals surface area contributed by atoms with Crippen LogP contribution in [0.15, 0.2) is 18.2 Å². The van der Waals surface area contributed by atoms with Crippen LogP contribution in [0.1, 0.15) is 36.0 Å². The molecular weight excluding hydrogens is 246 g/mol. The quantitative estimate of drug-likeness (QED) is 0.831. The zero-order valence-corrected chi connectivity index (χ0v) is 10.7. The molecule has 1 amide bonds. The monoisotopic (exact) mass is 261 g/mol. The lowest BCUT2D eigenvalue weighted by atomic mass is 10.00. The summed E-state index contributed by atoms with van der Waals surface area (Å²) in [5, 5.41) is 10.6. The lowest BCUT2D eigenvalue weighted by Gasteiger charge is -2.30. The van der Waals surface area contributed by atoms with Gasteiger partial charge in [0.05, 0.1) is 18.4 Å². The first-order valence-corrected chi connectivity index (χ1v) is 6.36. The van der Waals surface area contributed by atoms with E-state index in [1.807, 2.05) is 0 Å². The number of fused-ring (bicyclic) bond motifs is 3. The van der Waals surface area contributed by atoms with Crippen molar-refractivity contribution in [3.05, 3.63) is 23.8 Å². The highest BCUT2D eigenvalue weighted by Gasteiger charge is 2.53. The molecule has 3 rings (SSSR count). The molecule has 1 aromatic carbocycles. The summed E-state index contributed by atoms with van der Waals surface area (Å²) in [5.74, 6) is -0.0604. The van der Waals surface area contributed by atoms with Crippen molar-refractivity contribution in [3.63, 3.8) is 0 Å². The van der Waals surface area contributed by atoms with E-state index >= 15 is 0 Å². The highest BCUT2D eigenvalue weighted by atomic mass is 16.5. The zero-order valence-electron chi connectivity index (χ0n) is 10.7. The molecule has 5 nitrogen and oxygen atoms in total. The Morgan fingerprint density at radius 2 is 2.11 bits per heavy atom. The third-order valence-electron chi connectivity index (χ3n) is 3.84. The lowest BCUT2D eigenvalue weighted by Crippen LogP contribution is -2.52. The third-order valence-corrected chi connectivity index (χ3v) is 3.84. The molecule has 100 valence electrons. The molecule has 2 aliphatic rings. The molecule has 19 heavy (non-hydrogen) atoms. The van der Waals surface area contributed by atoms with Gasteiger partial charge in [-0.3, -0.25) is 14.5 Å². The van der Waals surface area contributed by atoms with Crippen LogP contribution in [-0.4, -0.2) is 29.6 Å². The second kappa shape index (κ2) is 4.06. The number of hydrogen-bond acceptors (Lipinski definition) is 4. The van der Waals surface area contributed by atoms with Crippen LogP contribution in [0.25, 0.3) is 0 Å². The number of hydrogen-bond donors (Lipinski definition) is 1. The number of carbonyl (C=O) groups excluding carboxylic acids is 2. The highest BCUT2D eigenvalue weighted by Crippen LogP contribution is 2.43. The van der Waals surface area contributed by atoms with Gasteiger partial charge in [-0.15, -0.1) is 0 Å². The Hall–Kier alpha value is -1.88. The fourth-order valence-electron chi connectivity index (χ4n) is 2.86. The van der Waals surface area contributed by atoms with Crippen LogP contribution in [0.3, 0.4) is 0 Å². The van der Waals surface area contributed by atoms with Crippen molar-refractivity contribution in [1.82, 2.24) is 0 Å². The largest absolute Gasteiger partial charge is 0.497 e. The van der Waals surface area contributed by atoms with Gasteiger partial charge < -0.3 is 9.84 Å². The Balaban J connectivity index is 2.17. The normalized spacial score (nSPS) is 25.9. The van der Waals surface area contributed by atoms with Gasteiger partial charge in [-0.1, -0.05) is 0 Å². The molecule has 0 saturated carbocycles. The van der Waals surface area contributed by atoms with E-state index in [2.05, 4.69) is 0 Å². The average Bonchev–Trinajstić information content (AvgIpc) is 2.53. The van der Waals surface area contributed by atoms with Crippen molar-refractivity contribution in [2.24, 2.45) is 0 Å². The first kappa shape index (κ1) is 12.2. The molecular formula is C14H15NO4. The maximum absolute atomic E-state index is 12.4. The number of nitrogens with zero attached hydrogens (tertiary/aromatic N) is 1. The number of anilines is 1. The molecule has 0 radical (unpaired) electrons. The fourth-order valence-corrected chi connectivity index (χ4v) is 2.86. The molecule has 1 unspecified atom stereocenters. The van der Waals surface area contributed by atoms with E-state index in [4.69, 9.17) is 4.74 Å². The number of amides is 1. The first-order chi connectivity index (χ1) is 9.08. The molecule has 1 atom stereocenters. The van der Waals surface area contributed by atoms with E-state index in [0.717, 1.165) is 0 Å². The van der Waals surface area contributed by atoms with E-state index in [0.29, 0.717) is 36.3 Å². The summed E-state index contributed by atoms with van der Waals surface area (Å²) in [7, 11) is 1.51. The van der Waals surface area contributed by atoms with Crippen LogP contribution in [0.2, 0.25) is 0 Å². The molecule has 1 saturated heterocycles. The Labute approximate surface area is 110 Å². The molecule has 0 aliphatic carbocycles. The van der Waals surface area contributed by atoms with Gasteiger partial charge in [-0.05, 0) is 31.0 Å². The molecule has 1 fully saturated rings. The summed E-state index contributed by atoms with van der Waals surface area (Å²) >= 11 is 0. The molecule has 1 aromatic rings. The molecule has 2 aliphatic heterocycles. The van der Waals surface area contributed by atoms with E-state index < -0.39 is 11.5 Å². The predicted octanol–water partition coefficient (Wildman–Crippen LogP) is 1.49. The summed E-state index contributed by atoms with van der Waals surface area (Å²) in [4.78, 5) is 25.8. The van der Waals surface area contributed by atoms with Crippen molar-refractivity contribution in [2.45, 2.75) is 31.4 Å². The van der Waals surface area contributed by atoms with E-state index in [1.165, 1.54) is 12.0 Å². The van der Waals surface area contributed by atoms with Crippen molar-refractivity contribution in [3.8, 4) is 5.75 Å². The Kier molecular flexibility index (Phi) is 2.60. The number of methoxy groups -OCH3 is 1. The Bertz CT molecular complexity index is 569. The summed E-state index contributed by atoms with van der Waals surface area (Å²) in [6.07, 6.45) is 2.02. The van der Waals surface area contributed by atoms with Crippen molar-refractivity contribution in [1.29, 1.82) is 0 Å². The number of aliphatic hydroxyl groups is 1. The summed E-state index contributed by atoms with van der Waals surface area (Å²) in [6, 6.07) is 4.93. The van der Waals surface area contributed by atoms with Gasteiger partial charge in [0.15, 0.2) is 0 Å². The van der Waals surface area contributed by atoms with E-state index in [1.54, 1.807) is 18.2 Å². The number of rotatable bonds is 1. The average molecular weight is 261 g/mol. The van der Waals surface area contributed by atoms with Crippen molar-refractivity contribution in [2.75, 3.05) is 12.0 Å². The van der Waals surface area contributed by atoms with Gasteiger partial charge in [-0.2, -0.15) is 0 Å². The van der Waals surface area contributed by atoms with E-state index in [-0.39, 0.29) is 12.3 Å². The minimum atomic E-state index is -1.71. The number of benzene rings is 1. The van der Waals surface area contributed by atoms with Crippen molar-refractivity contribution >= 4 is 17.4 Å². The van der Waals surface area contributed by atoms with Crippen LogP contribution in [0.4, 0.5) is 5.69 Å². The lowest BCUT2D eigenvalue weighted by molar-refractivity contribution is -0.121. The van der Waals surface area contributed by atoms with Crippen LogP contribution in [-0.2, 0) is 4.79 Å². The van der Waals surface area contributed by atoms with Crippen molar-refractivity contribution < 1.29 is 19.4 Å². The minimum Gasteiger partial charge on any atom is -0.497 e. The smallest absolute Gasteiger partial charge is 0.229 e. The standard InChI is InChI=1S/C14H15NO4/c1-19-9-5-6-11-10(8-9)13(17)14(18)7-3-2-4-12(16)15(11)14/h5-6,8,18H,2-4,7H2,1H3. The maximum atomic E-state index is 12.4. The summed E-state index contributed by atoms with van der Waals surface area (Å²) < 4.78 is 5.09. The number of Topliss-reactive ketones (excluding diaryl/α,β-unsaturated/α-hetero) is 1. The molecule has 0 bridgehead atoms.